The minimum atomic E-state index is -1.16. The molecular formula is C23H27FN2O3. The molecule has 29 heavy (non-hydrogen) atoms. The van der Waals surface area contributed by atoms with E-state index in [1.165, 1.54) is 6.07 Å². The van der Waals surface area contributed by atoms with Crippen molar-refractivity contribution in [1.82, 2.24) is 4.90 Å². The van der Waals surface area contributed by atoms with E-state index in [2.05, 4.69) is 4.90 Å². The molecule has 0 aromatic heterocycles. The molecule has 1 amide bonds. The van der Waals surface area contributed by atoms with Crippen LogP contribution in [0.5, 0.6) is 0 Å². The fraction of sp³-hybridized carbons (Fsp3) is 0.435. The Kier molecular flexibility index (Phi) is 5.67. The van der Waals surface area contributed by atoms with Crippen molar-refractivity contribution in [3.8, 4) is 0 Å². The maximum atomic E-state index is 14.1. The fourth-order valence-electron chi connectivity index (χ4n) is 4.36. The summed E-state index contributed by atoms with van der Waals surface area (Å²) in [6, 6.07) is 13.9. The Bertz CT molecular complexity index is 863. The van der Waals surface area contributed by atoms with E-state index in [0.29, 0.717) is 44.5 Å². The van der Waals surface area contributed by atoms with E-state index in [1.54, 1.807) is 23.1 Å². The van der Waals surface area contributed by atoms with Gasteiger partial charge in [-0.3, -0.25) is 4.79 Å². The minimum absolute atomic E-state index is 0.147. The van der Waals surface area contributed by atoms with Gasteiger partial charge in [-0.15, -0.1) is 0 Å². The fourth-order valence-corrected chi connectivity index (χ4v) is 4.36. The zero-order valence-corrected chi connectivity index (χ0v) is 16.4. The van der Waals surface area contributed by atoms with Crippen LogP contribution in [0.3, 0.4) is 0 Å². The molecule has 2 fully saturated rings. The van der Waals surface area contributed by atoms with Crippen molar-refractivity contribution in [2.24, 2.45) is 0 Å². The second kappa shape index (κ2) is 8.22. The quantitative estimate of drug-likeness (QED) is 0.813. The number of nitrogens with zero attached hydrogens (tertiary/aromatic N) is 2. The molecule has 0 radical (unpaired) electrons. The molecule has 2 aliphatic rings. The summed E-state index contributed by atoms with van der Waals surface area (Å²) < 4.78 is 14.1. The number of aliphatic hydroxyl groups excluding tert-OH is 1. The second-order valence-electron chi connectivity index (χ2n) is 8.07. The summed E-state index contributed by atoms with van der Waals surface area (Å²) in [6.07, 6.45) is 1.68. The summed E-state index contributed by atoms with van der Waals surface area (Å²) in [6.45, 7) is 2.37. The van der Waals surface area contributed by atoms with Crippen molar-refractivity contribution in [3.05, 3.63) is 65.5 Å². The van der Waals surface area contributed by atoms with Gasteiger partial charge in [0.15, 0.2) is 0 Å². The molecule has 2 aromatic carbocycles. The van der Waals surface area contributed by atoms with Crippen molar-refractivity contribution in [2.45, 2.75) is 37.4 Å². The third-order valence-corrected chi connectivity index (χ3v) is 6.15. The van der Waals surface area contributed by atoms with Crippen LogP contribution in [-0.2, 0) is 10.4 Å². The zero-order valence-electron chi connectivity index (χ0n) is 16.4. The highest BCUT2D eigenvalue weighted by Gasteiger charge is 2.36. The highest BCUT2D eigenvalue weighted by atomic mass is 19.1. The van der Waals surface area contributed by atoms with Gasteiger partial charge in [-0.05, 0) is 43.0 Å². The Balaban J connectivity index is 1.34. The third kappa shape index (κ3) is 4.20. The lowest BCUT2D eigenvalue weighted by Gasteiger charge is -2.39. The molecule has 0 spiro atoms. The van der Waals surface area contributed by atoms with Gasteiger partial charge in [0.05, 0.1) is 11.7 Å². The van der Waals surface area contributed by atoms with E-state index < -0.39 is 11.7 Å². The van der Waals surface area contributed by atoms with Crippen LogP contribution in [0.2, 0.25) is 0 Å². The Morgan fingerprint density at radius 3 is 2.34 bits per heavy atom. The molecule has 154 valence electrons. The highest BCUT2D eigenvalue weighted by molar-refractivity contribution is 5.95. The SMILES string of the molecule is O=C1CCCN1c1ccc([C@@H](O)CN2CCC(O)(c3ccccc3F)CC2)cc1. The molecule has 4 rings (SSSR count). The number of hydrogen-bond acceptors (Lipinski definition) is 4. The number of carbonyl (C=O) groups is 1. The average molecular weight is 398 g/mol. The van der Waals surface area contributed by atoms with Gasteiger partial charge in [0, 0.05) is 43.9 Å². The summed E-state index contributed by atoms with van der Waals surface area (Å²) in [5.74, 6) is -0.228. The van der Waals surface area contributed by atoms with E-state index in [-0.39, 0.29) is 11.7 Å². The highest BCUT2D eigenvalue weighted by Crippen LogP contribution is 2.35. The number of amides is 1. The molecule has 1 atom stereocenters. The van der Waals surface area contributed by atoms with Crippen LogP contribution in [0.15, 0.2) is 48.5 Å². The molecule has 0 unspecified atom stereocenters. The largest absolute Gasteiger partial charge is 0.387 e. The molecule has 5 nitrogen and oxygen atoms in total. The molecule has 0 bridgehead atoms. The van der Waals surface area contributed by atoms with E-state index in [9.17, 15) is 19.4 Å². The van der Waals surface area contributed by atoms with E-state index in [0.717, 1.165) is 24.2 Å². The maximum absolute atomic E-state index is 14.1. The predicted octanol–water partition coefficient (Wildman–Crippen LogP) is 2.97. The first-order valence-electron chi connectivity index (χ1n) is 10.2. The molecular weight excluding hydrogens is 371 g/mol. The van der Waals surface area contributed by atoms with Crippen LogP contribution >= 0.6 is 0 Å². The van der Waals surface area contributed by atoms with Crippen LogP contribution in [0, 0.1) is 5.82 Å². The molecule has 0 saturated carbocycles. The molecule has 2 aromatic rings. The van der Waals surface area contributed by atoms with Gasteiger partial charge in [0.2, 0.25) is 5.91 Å². The van der Waals surface area contributed by atoms with Crippen LogP contribution < -0.4 is 4.90 Å². The lowest BCUT2D eigenvalue weighted by molar-refractivity contribution is -0.117. The van der Waals surface area contributed by atoms with Crippen LogP contribution in [-0.4, -0.2) is 47.2 Å². The number of rotatable bonds is 5. The van der Waals surface area contributed by atoms with Gasteiger partial charge < -0.3 is 20.0 Å². The van der Waals surface area contributed by atoms with Crippen molar-refractivity contribution in [3.63, 3.8) is 0 Å². The monoisotopic (exact) mass is 398 g/mol. The number of β-amino-alcohol motifs (C(OH)–C–C–N with tert-alkyl or cyclic N) is 1. The topological polar surface area (TPSA) is 64.0 Å². The normalized spacial score (nSPS) is 20.8. The number of benzene rings is 2. The van der Waals surface area contributed by atoms with E-state index in [1.807, 2.05) is 24.3 Å². The Morgan fingerprint density at radius 2 is 1.72 bits per heavy atom. The number of anilines is 1. The lowest BCUT2D eigenvalue weighted by atomic mass is 9.84. The maximum Gasteiger partial charge on any atom is 0.227 e. The first-order valence-corrected chi connectivity index (χ1v) is 10.2. The van der Waals surface area contributed by atoms with Crippen molar-refractivity contribution >= 4 is 11.6 Å². The Labute approximate surface area is 170 Å². The summed E-state index contributed by atoms with van der Waals surface area (Å²) in [5, 5.41) is 21.5. The van der Waals surface area contributed by atoms with Gasteiger partial charge >= 0.3 is 0 Å². The van der Waals surface area contributed by atoms with Crippen molar-refractivity contribution < 1.29 is 19.4 Å². The third-order valence-electron chi connectivity index (χ3n) is 6.15. The molecule has 6 heteroatoms. The zero-order chi connectivity index (χ0) is 20.4. The van der Waals surface area contributed by atoms with Crippen molar-refractivity contribution in [1.29, 1.82) is 0 Å². The summed E-state index contributed by atoms with van der Waals surface area (Å²) in [4.78, 5) is 15.7. The van der Waals surface area contributed by atoms with Crippen molar-refractivity contribution in [2.75, 3.05) is 31.1 Å². The molecule has 0 aliphatic carbocycles. The smallest absolute Gasteiger partial charge is 0.227 e. The number of carbonyl (C=O) groups excluding carboxylic acids is 1. The average Bonchev–Trinajstić information content (AvgIpc) is 3.16. The van der Waals surface area contributed by atoms with Crippen LogP contribution in [0.25, 0.3) is 0 Å². The van der Waals surface area contributed by atoms with Crippen LogP contribution in [0.1, 0.15) is 42.9 Å². The van der Waals surface area contributed by atoms with Gasteiger partial charge in [-0.1, -0.05) is 30.3 Å². The van der Waals surface area contributed by atoms with Crippen LogP contribution in [0.4, 0.5) is 10.1 Å². The number of hydrogen-bond donors (Lipinski definition) is 2. The standard InChI is InChI=1S/C23H27FN2O3/c24-20-5-2-1-4-19(20)23(29)11-14-25(15-12-23)16-21(27)17-7-9-18(10-8-17)26-13-3-6-22(26)28/h1-2,4-5,7-10,21,27,29H,3,6,11-16H2/t21-/m0/s1. The number of halogens is 1. The molecule has 2 aliphatic heterocycles. The summed E-state index contributed by atoms with van der Waals surface area (Å²) in [5.41, 5.74) is 0.871. The number of piperidine rings is 1. The second-order valence-corrected chi connectivity index (χ2v) is 8.07. The van der Waals surface area contributed by atoms with Gasteiger partial charge in [-0.25, -0.2) is 4.39 Å². The first kappa shape index (κ1) is 20.0. The van der Waals surface area contributed by atoms with Gasteiger partial charge in [-0.2, -0.15) is 0 Å². The van der Waals surface area contributed by atoms with E-state index >= 15 is 0 Å². The summed E-state index contributed by atoms with van der Waals surface area (Å²) >= 11 is 0. The Hall–Kier alpha value is -2.28. The first-order chi connectivity index (χ1) is 14.0. The summed E-state index contributed by atoms with van der Waals surface area (Å²) in [7, 11) is 0. The Morgan fingerprint density at radius 1 is 1.03 bits per heavy atom. The molecule has 2 heterocycles. The van der Waals surface area contributed by atoms with E-state index in [4.69, 9.17) is 0 Å². The minimum Gasteiger partial charge on any atom is -0.387 e. The molecule has 2 saturated heterocycles. The van der Waals surface area contributed by atoms with Gasteiger partial charge in [0.1, 0.15) is 5.82 Å². The lowest BCUT2D eigenvalue weighted by Crippen LogP contribution is -2.44. The van der Waals surface area contributed by atoms with Gasteiger partial charge in [0.25, 0.3) is 0 Å². The number of likely N-dealkylation sites (tertiary alicyclic amines) is 1. The predicted molar refractivity (Wildman–Crippen MR) is 109 cm³/mol. The number of aliphatic hydroxyl groups is 2. The molecule has 2 N–H and O–H groups in total.